The van der Waals surface area contributed by atoms with Crippen LogP contribution in [-0.2, 0) is 15.1 Å². The van der Waals surface area contributed by atoms with Crippen molar-refractivity contribution in [1.82, 2.24) is 9.88 Å². The molecule has 1 amide bonds. The van der Waals surface area contributed by atoms with Gasteiger partial charge in [0.25, 0.3) is 5.91 Å². The van der Waals surface area contributed by atoms with E-state index < -0.39 is 5.91 Å². The van der Waals surface area contributed by atoms with Crippen molar-refractivity contribution in [2.45, 2.75) is 56.6 Å². The number of hydrogen-bond donors (Lipinski definition) is 1. The van der Waals surface area contributed by atoms with Gasteiger partial charge >= 0.3 is 0 Å². The molecule has 4 aliphatic rings. The molecule has 7 heteroatoms. The lowest BCUT2D eigenvalue weighted by Crippen LogP contribution is -2.64. The second kappa shape index (κ2) is 8.38. The lowest BCUT2D eigenvalue weighted by molar-refractivity contribution is -0.188. The third-order valence-electron chi connectivity index (χ3n) is 8.44. The van der Waals surface area contributed by atoms with Crippen LogP contribution in [0.15, 0.2) is 18.3 Å². The Labute approximate surface area is 185 Å². The van der Waals surface area contributed by atoms with Crippen molar-refractivity contribution in [2.24, 2.45) is 23.0 Å². The summed E-state index contributed by atoms with van der Waals surface area (Å²) in [7, 11) is 1.84. The molecule has 2 N–H and O–H groups in total. The first-order valence-corrected chi connectivity index (χ1v) is 11.2. The maximum atomic E-state index is 11.7. The summed E-state index contributed by atoms with van der Waals surface area (Å²) in [6.45, 7) is 4.04. The van der Waals surface area contributed by atoms with Crippen LogP contribution in [-0.4, -0.2) is 55.2 Å². The largest absolute Gasteiger partial charge is 0.381 e. The molecule has 2 aliphatic heterocycles. The molecule has 30 heavy (non-hydrogen) atoms. The molecule has 2 atom stereocenters. The van der Waals surface area contributed by atoms with Crippen LogP contribution in [0.1, 0.15) is 61.0 Å². The summed E-state index contributed by atoms with van der Waals surface area (Å²) < 4.78 is 11.9. The SMILES string of the molecule is COC1(c2ccnc(C(N)=O)c2)C2CCCC1CN(C1CC3(CCOCC3)C1)C2.Cl. The Hall–Kier alpha value is -1.21. The molecule has 2 bridgehead atoms. The number of carbonyl (C=O) groups excluding carboxylic acids is 1. The molecule has 5 rings (SSSR count). The highest BCUT2D eigenvalue weighted by Crippen LogP contribution is 2.56. The number of hydrogen-bond acceptors (Lipinski definition) is 5. The second-order valence-corrected chi connectivity index (χ2v) is 9.74. The Morgan fingerprint density at radius 1 is 1.23 bits per heavy atom. The number of amides is 1. The van der Waals surface area contributed by atoms with Crippen LogP contribution in [0.4, 0.5) is 0 Å². The summed E-state index contributed by atoms with van der Waals surface area (Å²) in [6.07, 6.45) is 10.4. The quantitative estimate of drug-likeness (QED) is 0.786. The van der Waals surface area contributed by atoms with Crippen molar-refractivity contribution < 1.29 is 14.3 Å². The highest BCUT2D eigenvalue weighted by atomic mass is 35.5. The van der Waals surface area contributed by atoms with Gasteiger partial charge in [-0.25, -0.2) is 0 Å². The summed E-state index contributed by atoms with van der Waals surface area (Å²) >= 11 is 0. The molecule has 1 aromatic heterocycles. The van der Waals surface area contributed by atoms with E-state index in [9.17, 15) is 4.79 Å². The number of nitrogens with zero attached hydrogens (tertiary/aromatic N) is 2. The first-order chi connectivity index (χ1) is 14.1. The monoisotopic (exact) mass is 435 g/mol. The van der Waals surface area contributed by atoms with Crippen LogP contribution < -0.4 is 5.73 Å². The van der Waals surface area contributed by atoms with Gasteiger partial charge in [0.15, 0.2) is 0 Å². The number of primary amides is 1. The molecular weight excluding hydrogens is 402 g/mol. The van der Waals surface area contributed by atoms with Crippen LogP contribution in [0.5, 0.6) is 0 Å². The minimum Gasteiger partial charge on any atom is -0.381 e. The first kappa shape index (κ1) is 22.0. The molecule has 2 aliphatic carbocycles. The van der Waals surface area contributed by atoms with E-state index in [1.165, 1.54) is 44.9 Å². The van der Waals surface area contributed by atoms with Gasteiger partial charge in [0, 0.05) is 57.5 Å². The van der Waals surface area contributed by atoms with Crippen molar-refractivity contribution >= 4 is 18.3 Å². The number of fused-ring (bicyclic) bond motifs is 2. The fourth-order valence-electron chi connectivity index (χ4n) is 6.91. The van der Waals surface area contributed by atoms with Crippen LogP contribution in [0.2, 0.25) is 0 Å². The topological polar surface area (TPSA) is 77.7 Å². The first-order valence-electron chi connectivity index (χ1n) is 11.2. The molecular formula is C23H34ClN3O3. The third-order valence-corrected chi connectivity index (χ3v) is 8.44. The smallest absolute Gasteiger partial charge is 0.267 e. The van der Waals surface area contributed by atoms with Crippen molar-refractivity contribution in [3.63, 3.8) is 0 Å². The van der Waals surface area contributed by atoms with Gasteiger partial charge in [0.05, 0.1) is 0 Å². The van der Waals surface area contributed by atoms with Gasteiger partial charge in [-0.05, 0) is 61.6 Å². The van der Waals surface area contributed by atoms with Gasteiger partial charge in [0.2, 0.25) is 0 Å². The van der Waals surface area contributed by atoms with Crippen LogP contribution >= 0.6 is 12.4 Å². The molecule has 166 valence electrons. The number of rotatable bonds is 4. The van der Waals surface area contributed by atoms with Gasteiger partial charge < -0.3 is 15.2 Å². The number of aromatic nitrogens is 1. The minimum absolute atomic E-state index is 0. The fraction of sp³-hybridized carbons (Fsp3) is 0.739. The molecule has 0 radical (unpaired) electrons. The molecule has 6 nitrogen and oxygen atoms in total. The van der Waals surface area contributed by atoms with Gasteiger partial charge in [-0.1, -0.05) is 6.42 Å². The van der Waals surface area contributed by atoms with Gasteiger partial charge in [-0.15, -0.1) is 12.4 Å². The molecule has 1 aromatic rings. The van der Waals surface area contributed by atoms with E-state index >= 15 is 0 Å². The molecule has 2 saturated carbocycles. The molecule has 1 spiro atoms. The van der Waals surface area contributed by atoms with Gasteiger partial charge in [-0.3, -0.25) is 14.7 Å². The normalized spacial score (nSPS) is 33.5. The number of halogens is 1. The maximum Gasteiger partial charge on any atom is 0.267 e. The number of pyridine rings is 1. The van der Waals surface area contributed by atoms with Crippen molar-refractivity contribution in [1.29, 1.82) is 0 Å². The van der Waals surface area contributed by atoms with Crippen LogP contribution in [0, 0.1) is 17.3 Å². The zero-order chi connectivity index (χ0) is 20.1. The lowest BCUT2D eigenvalue weighted by atomic mass is 9.58. The standard InChI is InChI=1S/C23H33N3O3.ClH/c1-28-23(16-5-8-25-20(11-16)21(24)27)17-3-2-4-18(23)15-26(14-17)19-12-22(13-19)6-9-29-10-7-22;/h5,8,11,17-19H,2-4,6-7,9-10,12-15H2,1H3,(H2,24,27);1H. The molecule has 0 aromatic carbocycles. The summed E-state index contributed by atoms with van der Waals surface area (Å²) in [5, 5.41) is 0. The average molecular weight is 436 g/mol. The van der Waals surface area contributed by atoms with Crippen LogP contribution in [0.3, 0.4) is 0 Å². The van der Waals surface area contributed by atoms with Crippen molar-refractivity contribution in [2.75, 3.05) is 33.4 Å². The summed E-state index contributed by atoms with van der Waals surface area (Å²) in [4.78, 5) is 18.6. The van der Waals surface area contributed by atoms with Crippen molar-refractivity contribution in [3.8, 4) is 0 Å². The fourth-order valence-corrected chi connectivity index (χ4v) is 6.91. The number of methoxy groups -OCH3 is 1. The van der Waals surface area contributed by atoms with E-state index in [0.717, 1.165) is 31.9 Å². The summed E-state index contributed by atoms with van der Waals surface area (Å²) in [5.74, 6) is 0.403. The van der Waals surface area contributed by atoms with E-state index in [0.29, 0.717) is 29.0 Å². The Morgan fingerprint density at radius 3 is 2.50 bits per heavy atom. The number of nitrogens with two attached hydrogens (primary N) is 1. The summed E-state index contributed by atoms with van der Waals surface area (Å²) in [6, 6.07) is 4.61. The zero-order valence-corrected chi connectivity index (χ0v) is 18.7. The Balaban J connectivity index is 0.00000218. The number of carbonyl (C=O) groups is 1. The molecule has 2 unspecified atom stereocenters. The highest BCUT2D eigenvalue weighted by molar-refractivity contribution is 5.90. The van der Waals surface area contributed by atoms with E-state index in [2.05, 4.69) is 9.88 Å². The predicted octanol–water partition coefficient (Wildman–Crippen LogP) is 3.14. The third kappa shape index (κ3) is 3.46. The Bertz CT molecular complexity index is 761. The van der Waals surface area contributed by atoms with Crippen LogP contribution in [0.25, 0.3) is 0 Å². The van der Waals surface area contributed by atoms with E-state index in [1.807, 2.05) is 19.2 Å². The van der Waals surface area contributed by atoms with E-state index in [4.69, 9.17) is 15.2 Å². The average Bonchev–Trinajstić information content (AvgIpc) is 2.71. The minimum atomic E-state index is -0.475. The number of piperidine rings is 1. The van der Waals surface area contributed by atoms with Gasteiger partial charge in [0.1, 0.15) is 11.3 Å². The predicted molar refractivity (Wildman–Crippen MR) is 117 cm³/mol. The molecule has 3 heterocycles. The second-order valence-electron chi connectivity index (χ2n) is 9.74. The zero-order valence-electron chi connectivity index (χ0n) is 17.8. The summed E-state index contributed by atoms with van der Waals surface area (Å²) in [5.41, 5.74) is 7.14. The Kier molecular flexibility index (Phi) is 6.14. The number of likely N-dealkylation sites (tertiary alicyclic amines) is 1. The maximum absolute atomic E-state index is 11.7. The van der Waals surface area contributed by atoms with Gasteiger partial charge in [-0.2, -0.15) is 0 Å². The Morgan fingerprint density at radius 2 is 1.90 bits per heavy atom. The lowest BCUT2D eigenvalue weighted by Gasteiger charge is -2.60. The molecule has 4 fully saturated rings. The van der Waals surface area contributed by atoms with Crippen molar-refractivity contribution in [3.05, 3.63) is 29.6 Å². The highest BCUT2D eigenvalue weighted by Gasteiger charge is 2.56. The number of ether oxygens (including phenoxy) is 2. The molecule has 2 saturated heterocycles. The van der Waals surface area contributed by atoms with E-state index in [1.54, 1.807) is 6.20 Å². The van der Waals surface area contributed by atoms with E-state index in [-0.39, 0.29) is 18.0 Å².